The van der Waals surface area contributed by atoms with Crippen LogP contribution in [0.25, 0.3) is 0 Å². The lowest BCUT2D eigenvalue weighted by molar-refractivity contribution is 0.122. The predicted molar refractivity (Wildman–Crippen MR) is 140 cm³/mol. The van der Waals surface area contributed by atoms with E-state index in [0.29, 0.717) is 6.79 Å². The van der Waals surface area contributed by atoms with E-state index in [1.54, 1.807) is 0 Å². The highest BCUT2D eigenvalue weighted by atomic mass is 16.7. The Morgan fingerprint density at radius 2 is 1.64 bits per heavy atom. The van der Waals surface area contributed by atoms with Gasteiger partial charge in [0.05, 0.1) is 13.2 Å². The lowest BCUT2D eigenvalue weighted by Gasteiger charge is -2.35. The van der Waals surface area contributed by atoms with Crippen molar-refractivity contribution in [3.8, 4) is 11.5 Å². The molecule has 3 aliphatic heterocycles. The summed E-state index contributed by atoms with van der Waals surface area (Å²) in [5.41, 5.74) is 4.51. The van der Waals surface area contributed by atoms with Crippen molar-refractivity contribution in [2.45, 2.75) is 13.5 Å². The Balaban J connectivity index is 1.06. The van der Waals surface area contributed by atoms with Gasteiger partial charge in [0.25, 0.3) is 0 Å². The normalized spacial score (nSPS) is 17.9. The van der Waals surface area contributed by atoms with Gasteiger partial charge in [-0.3, -0.25) is 4.90 Å². The molecule has 0 saturated carbocycles. The van der Waals surface area contributed by atoms with E-state index in [1.807, 2.05) is 19.2 Å². The zero-order valence-electron chi connectivity index (χ0n) is 20.7. The Morgan fingerprint density at radius 3 is 2.44 bits per heavy atom. The molecule has 2 aromatic carbocycles. The fraction of sp³-hybridized carbons (Fsp3) is 0.407. The molecule has 9 nitrogen and oxygen atoms in total. The van der Waals surface area contributed by atoms with Gasteiger partial charge in [-0.25, -0.2) is 4.98 Å². The minimum absolute atomic E-state index is 0.310. The summed E-state index contributed by atoms with van der Waals surface area (Å²) in [4.78, 5) is 16.6. The molecule has 188 valence electrons. The molecule has 0 atom stereocenters. The number of anilines is 4. The zero-order chi connectivity index (χ0) is 24.3. The van der Waals surface area contributed by atoms with Crippen LogP contribution >= 0.6 is 0 Å². The Labute approximate surface area is 211 Å². The van der Waals surface area contributed by atoms with E-state index in [4.69, 9.17) is 19.2 Å². The summed E-state index contributed by atoms with van der Waals surface area (Å²) in [6.45, 7) is 10.4. The first kappa shape index (κ1) is 22.9. The maximum absolute atomic E-state index is 5.52. The second kappa shape index (κ2) is 10.2. The average Bonchev–Trinajstić information content (AvgIpc) is 3.39. The molecule has 0 aliphatic carbocycles. The van der Waals surface area contributed by atoms with Crippen molar-refractivity contribution in [3.05, 3.63) is 59.8 Å². The van der Waals surface area contributed by atoms with Gasteiger partial charge in [0.2, 0.25) is 12.7 Å². The molecule has 0 bridgehead atoms. The number of piperazine rings is 1. The molecular weight excluding hydrogens is 456 g/mol. The van der Waals surface area contributed by atoms with Gasteiger partial charge in [-0.1, -0.05) is 6.07 Å². The number of morpholine rings is 1. The van der Waals surface area contributed by atoms with Crippen LogP contribution in [0.15, 0.2) is 48.7 Å². The molecule has 0 spiro atoms. The van der Waals surface area contributed by atoms with Gasteiger partial charge in [-0.05, 0) is 48.9 Å². The van der Waals surface area contributed by atoms with Crippen molar-refractivity contribution in [1.29, 1.82) is 0 Å². The predicted octanol–water partition coefficient (Wildman–Crippen LogP) is 3.42. The van der Waals surface area contributed by atoms with Crippen LogP contribution in [0.1, 0.15) is 11.1 Å². The second-order valence-corrected chi connectivity index (χ2v) is 9.42. The topological polar surface area (TPSA) is 75.2 Å². The molecule has 1 N–H and O–H groups in total. The molecule has 6 rings (SSSR count). The van der Waals surface area contributed by atoms with Crippen molar-refractivity contribution >= 4 is 23.1 Å². The summed E-state index contributed by atoms with van der Waals surface area (Å²) < 4.78 is 16.4. The molecule has 0 unspecified atom stereocenters. The lowest BCUT2D eigenvalue weighted by Crippen LogP contribution is -2.46. The van der Waals surface area contributed by atoms with E-state index < -0.39 is 0 Å². The third-order valence-corrected chi connectivity index (χ3v) is 6.96. The number of aryl methyl sites for hydroxylation is 1. The number of benzene rings is 2. The van der Waals surface area contributed by atoms with Gasteiger partial charge in [0, 0.05) is 68.9 Å². The van der Waals surface area contributed by atoms with Crippen LogP contribution in [0.2, 0.25) is 0 Å². The molecule has 9 heteroatoms. The van der Waals surface area contributed by atoms with Gasteiger partial charge in [-0.15, -0.1) is 0 Å². The summed E-state index contributed by atoms with van der Waals surface area (Å²) in [7, 11) is 0. The number of fused-ring (bicyclic) bond motifs is 1. The lowest BCUT2D eigenvalue weighted by atomic mass is 10.1. The molecule has 4 heterocycles. The Morgan fingerprint density at radius 1 is 0.861 bits per heavy atom. The van der Waals surface area contributed by atoms with Crippen LogP contribution in [0.4, 0.5) is 23.1 Å². The van der Waals surface area contributed by atoms with Crippen LogP contribution in [-0.2, 0) is 11.3 Å². The quantitative estimate of drug-likeness (QED) is 0.562. The Hall–Kier alpha value is -3.56. The van der Waals surface area contributed by atoms with E-state index in [0.717, 1.165) is 93.5 Å². The maximum Gasteiger partial charge on any atom is 0.231 e. The van der Waals surface area contributed by atoms with E-state index in [1.165, 1.54) is 11.3 Å². The summed E-state index contributed by atoms with van der Waals surface area (Å²) in [5.74, 6) is 3.30. The van der Waals surface area contributed by atoms with E-state index in [2.05, 4.69) is 61.4 Å². The van der Waals surface area contributed by atoms with Crippen LogP contribution < -0.4 is 24.6 Å². The first-order valence-electron chi connectivity index (χ1n) is 12.6. The third-order valence-electron chi connectivity index (χ3n) is 6.96. The Kier molecular flexibility index (Phi) is 6.48. The highest BCUT2D eigenvalue weighted by Gasteiger charge is 2.21. The van der Waals surface area contributed by atoms with E-state index in [9.17, 15) is 0 Å². The number of hydrogen-bond donors (Lipinski definition) is 1. The first-order valence-corrected chi connectivity index (χ1v) is 12.6. The summed E-state index contributed by atoms with van der Waals surface area (Å²) in [6, 6.07) is 14.7. The smallest absolute Gasteiger partial charge is 0.231 e. The molecule has 2 fully saturated rings. The van der Waals surface area contributed by atoms with Gasteiger partial charge >= 0.3 is 0 Å². The summed E-state index contributed by atoms with van der Waals surface area (Å²) in [5, 5.41) is 3.49. The first-order chi connectivity index (χ1) is 17.7. The van der Waals surface area contributed by atoms with Crippen molar-refractivity contribution in [3.63, 3.8) is 0 Å². The number of nitrogens with zero attached hydrogens (tertiary/aromatic N) is 5. The molecule has 0 radical (unpaired) electrons. The maximum atomic E-state index is 5.52. The number of hydrogen-bond acceptors (Lipinski definition) is 9. The van der Waals surface area contributed by atoms with Gasteiger partial charge in [0.1, 0.15) is 5.82 Å². The molecule has 2 saturated heterocycles. The van der Waals surface area contributed by atoms with Crippen molar-refractivity contribution in [2.24, 2.45) is 0 Å². The largest absolute Gasteiger partial charge is 0.454 e. The highest BCUT2D eigenvalue weighted by Crippen LogP contribution is 2.33. The zero-order valence-corrected chi connectivity index (χ0v) is 20.7. The molecule has 36 heavy (non-hydrogen) atoms. The minimum atomic E-state index is 0.310. The number of ether oxygens (including phenoxy) is 3. The minimum Gasteiger partial charge on any atom is -0.454 e. The van der Waals surface area contributed by atoms with Gasteiger partial charge < -0.3 is 29.3 Å². The fourth-order valence-electron chi connectivity index (χ4n) is 4.83. The Bertz CT molecular complexity index is 1190. The van der Waals surface area contributed by atoms with Crippen molar-refractivity contribution in [1.82, 2.24) is 14.9 Å². The number of aromatic nitrogens is 2. The number of nitrogens with one attached hydrogen (secondary N) is 1. The molecule has 0 amide bonds. The number of rotatable bonds is 6. The van der Waals surface area contributed by atoms with E-state index >= 15 is 0 Å². The molecular formula is C27H32N6O3. The fourth-order valence-corrected chi connectivity index (χ4v) is 4.83. The van der Waals surface area contributed by atoms with Gasteiger partial charge in [0.15, 0.2) is 11.5 Å². The van der Waals surface area contributed by atoms with Crippen LogP contribution in [0, 0.1) is 6.92 Å². The van der Waals surface area contributed by atoms with Crippen LogP contribution in [0.5, 0.6) is 11.5 Å². The second-order valence-electron chi connectivity index (χ2n) is 9.42. The SMILES string of the molecule is Cc1cnc(N2CCN(Cc3ccc4c(c3)OCO4)CC2)nc1Nc1ccc(N2CCOCC2)cc1. The monoisotopic (exact) mass is 488 g/mol. The van der Waals surface area contributed by atoms with Crippen LogP contribution in [-0.4, -0.2) is 74.1 Å². The van der Waals surface area contributed by atoms with Crippen molar-refractivity contribution in [2.75, 3.05) is 74.4 Å². The molecule has 3 aromatic rings. The summed E-state index contributed by atoms with van der Waals surface area (Å²) in [6.07, 6.45) is 1.91. The van der Waals surface area contributed by atoms with Crippen LogP contribution in [0.3, 0.4) is 0 Å². The highest BCUT2D eigenvalue weighted by molar-refractivity contribution is 5.63. The van der Waals surface area contributed by atoms with Gasteiger partial charge in [-0.2, -0.15) is 4.98 Å². The third kappa shape index (κ3) is 5.03. The average molecular weight is 489 g/mol. The molecule has 1 aromatic heterocycles. The summed E-state index contributed by atoms with van der Waals surface area (Å²) >= 11 is 0. The van der Waals surface area contributed by atoms with E-state index in [-0.39, 0.29) is 0 Å². The molecule has 3 aliphatic rings. The standard InChI is InChI=1S/C27H32N6O3/c1-20-17-28-27(30-26(20)29-22-3-5-23(6-4-22)32-12-14-34-15-13-32)33-10-8-31(9-11-33)18-21-2-7-24-25(16-21)36-19-35-24/h2-7,16-17H,8-15,18-19H2,1H3,(H,28,29,30). The van der Waals surface area contributed by atoms with Crippen molar-refractivity contribution < 1.29 is 14.2 Å².